The molecule has 2 heterocycles. The highest BCUT2D eigenvalue weighted by Gasteiger charge is 2.21. The number of allylic oxidation sites excluding steroid dienone is 1. The fourth-order valence-corrected chi connectivity index (χ4v) is 3.09. The summed E-state index contributed by atoms with van der Waals surface area (Å²) in [6.45, 7) is 6.40. The van der Waals surface area contributed by atoms with Crippen LogP contribution in [0.15, 0.2) is 36.0 Å². The van der Waals surface area contributed by atoms with E-state index in [4.69, 9.17) is 0 Å². The number of hydrogen-bond acceptors (Lipinski definition) is 3. The Morgan fingerprint density at radius 2 is 2.25 bits per heavy atom. The average Bonchev–Trinajstić information content (AvgIpc) is 2.86. The first-order chi connectivity index (χ1) is 9.75. The minimum Gasteiger partial charge on any atom is -0.309 e. The van der Waals surface area contributed by atoms with E-state index in [-0.39, 0.29) is 0 Å². The first kappa shape index (κ1) is 13.3. The van der Waals surface area contributed by atoms with E-state index >= 15 is 0 Å². The molecule has 1 aliphatic rings. The molecule has 4 nitrogen and oxygen atoms in total. The Morgan fingerprint density at radius 3 is 3.10 bits per heavy atom. The lowest BCUT2D eigenvalue weighted by molar-refractivity contribution is 0.348. The summed E-state index contributed by atoms with van der Waals surface area (Å²) in [6, 6.07) is 5.97. The molecule has 1 aliphatic carbocycles. The maximum absolute atomic E-state index is 4.25. The Hall–Kier alpha value is -1.68. The standard InChI is InChI=1S/C16H22N4/c1-12-6-5-7-13(2)14(12)10-17-11-16-19-18-15-8-3-4-9-20(15)16/h3-4,6,8-9,13-14,17H,5,7,10-11H2,1-2H3. The van der Waals surface area contributed by atoms with E-state index < -0.39 is 0 Å². The molecule has 1 N–H and O–H groups in total. The minimum atomic E-state index is 0.655. The largest absolute Gasteiger partial charge is 0.309 e. The third-order valence-electron chi connectivity index (χ3n) is 4.39. The SMILES string of the molecule is CC1=CCCC(C)C1CNCc1nnc2ccccn12. The summed E-state index contributed by atoms with van der Waals surface area (Å²) in [7, 11) is 0. The Labute approximate surface area is 119 Å². The van der Waals surface area contributed by atoms with Gasteiger partial charge in [0, 0.05) is 12.7 Å². The Morgan fingerprint density at radius 1 is 1.35 bits per heavy atom. The Bertz CT molecular complexity index is 614. The molecule has 0 spiro atoms. The molecular weight excluding hydrogens is 248 g/mol. The normalized spacial score (nSPS) is 23.0. The van der Waals surface area contributed by atoms with Crippen molar-refractivity contribution in [2.24, 2.45) is 11.8 Å². The van der Waals surface area contributed by atoms with Crippen molar-refractivity contribution >= 4 is 5.65 Å². The van der Waals surface area contributed by atoms with Gasteiger partial charge in [-0.3, -0.25) is 4.40 Å². The summed E-state index contributed by atoms with van der Waals surface area (Å²) in [5.41, 5.74) is 2.44. The number of nitrogens with one attached hydrogen (secondary N) is 1. The molecule has 0 saturated heterocycles. The van der Waals surface area contributed by atoms with Gasteiger partial charge in [-0.1, -0.05) is 24.6 Å². The van der Waals surface area contributed by atoms with Crippen LogP contribution in [0, 0.1) is 11.8 Å². The highest BCUT2D eigenvalue weighted by molar-refractivity contribution is 5.36. The van der Waals surface area contributed by atoms with Crippen LogP contribution < -0.4 is 5.32 Å². The summed E-state index contributed by atoms with van der Waals surface area (Å²) in [5.74, 6) is 2.40. The maximum Gasteiger partial charge on any atom is 0.160 e. The first-order valence-corrected chi connectivity index (χ1v) is 7.41. The van der Waals surface area contributed by atoms with E-state index in [0.29, 0.717) is 5.92 Å². The predicted molar refractivity (Wildman–Crippen MR) is 80.3 cm³/mol. The molecule has 2 aromatic rings. The molecule has 2 aromatic heterocycles. The van der Waals surface area contributed by atoms with Gasteiger partial charge in [-0.2, -0.15) is 0 Å². The molecule has 0 fully saturated rings. The predicted octanol–water partition coefficient (Wildman–Crippen LogP) is 2.81. The number of hydrogen-bond donors (Lipinski definition) is 1. The number of aromatic nitrogens is 3. The third-order valence-corrected chi connectivity index (χ3v) is 4.39. The molecule has 3 rings (SSSR count). The van der Waals surface area contributed by atoms with Crippen molar-refractivity contribution in [2.75, 3.05) is 6.54 Å². The van der Waals surface area contributed by atoms with Gasteiger partial charge in [-0.25, -0.2) is 0 Å². The second-order valence-corrected chi connectivity index (χ2v) is 5.79. The molecule has 0 bridgehead atoms. The summed E-state index contributed by atoms with van der Waals surface area (Å²) < 4.78 is 2.04. The Kier molecular flexibility index (Phi) is 3.83. The van der Waals surface area contributed by atoms with E-state index in [9.17, 15) is 0 Å². The van der Waals surface area contributed by atoms with Gasteiger partial charge in [-0.15, -0.1) is 10.2 Å². The number of rotatable bonds is 4. The van der Waals surface area contributed by atoms with Crippen LogP contribution in [0.2, 0.25) is 0 Å². The van der Waals surface area contributed by atoms with Gasteiger partial charge in [0.25, 0.3) is 0 Å². The highest BCUT2D eigenvalue weighted by Crippen LogP contribution is 2.29. The van der Waals surface area contributed by atoms with Crippen molar-refractivity contribution in [2.45, 2.75) is 33.2 Å². The fraction of sp³-hybridized carbons (Fsp3) is 0.500. The van der Waals surface area contributed by atoms with Crippen LogP contribution >= 0.6 is 0 Å². The molecule has 4 heteroatoms. The maximum atomic E-state index is 4.25. The zero-order valence-electron chi connectivity index (χ0n) is 12.2. The van der Waals surface area contributed by atoms with Gasteiger partial charge >= 0.3 is 0 Å². The zero-order chi connectivity index (χ0) is 13.9. The van der Waals surface area contributed by atoms with E-state index in [1.54, 1.807) is 0 Å². The zero-order valence-corrected chi connectivity index (χ0v) is 12.2. The van der Waals surface area contributed by atoms with E-state index in [1.165, 1.54) is 18.4 Å². The van der Waals surface area contributed by atoms with Gasteiger partial charge in [-0.05, 0) is 43.7 Å². The molecule has 0 aromatic carbocycles. The fourth-order valence-electron chi connectivity index (χ4n) is 3.09. The molecular formula is C16H22N4. The molecule has 2 atom stereocenters. The van der Waals surface area contributed by atoms with Crippen molar-refractivity contribution in [3.8, 4) is 0 Å². The first-order valence-electron chi connectivity index (χ1n) is 7.41. The van der Waals surface area contributed by atoms with Gasteiger partial charge in [0.05, 0.1) is 6.54 Å². The van der Waals surface area contributed by atoms with Crippen molar-refractivity contribution < 1.29 is 0 Å². The van der Waals surface area contributed by atoms with Gasteiger partial charge in [0.2, 0.25) is 0 Å². The van der Waals surface area contributed by atoms with Gasteiger partial charge in [0.15, 0.2) is 11.5 Å². The highest BCUT2D eigenvalue weighted by atomic mass is 15.3. The number of pyridine rings is 1. The molecule has 2 unspecified atom stereocenters. The quantitative estimate of drug-likeness (QED) is 0.869. The molecule has 0 amide bonds. The Balaban J connectivity index is 1.62. The van der Waals surface area contributed by atoms with E-state index in [1.807, 2.05) is 28.8 Å². The molecule has 0 saturated carbocycles. The molecule has 20 heavy (non-hydrogen) atoms. The second kappa shape index (κ2) is 5.75. The lowest BCUT2D eigenvalue weighted by Crippen LogP contribution is -2.29. The van der Waals surface area contributed by atoms with Crippen molar-refractivity contribution in [1.82, 2.24) is 19.9 Å². The lowest BCUT2D eigenvalue weighted by Gasteiger charge is -2.28. The second-order valence-electron chi connectivity index (χ2n) is 5.79. The average molecular weight is 270 g/mol. The van der Waals surface area contributed by atoms with Crippen LogP contribution in [-0.4, -0.2) is 21.1 Å². The molecule has 106 valence electrons. The van der Waals surface area contributed by atoms with Crippen molar-refractivity contribution in [3.63, 3.8) is 0 Å². The summed E-state index contributed by atoms with van der Waals surface area (Å²) >= 11 is 0. The number of fused-ring (bicyclic) bond motifs is 1. The third kappa shape index (κ3) is 2.61. The van der Waals surface area contributed by atoms with Crippen LogP contribution in [0.25, 0.3) is 5.65 Å². The smallest absolute Gasteiger partial charge is 0.160 e. The van der Waals surface area contributed by atoms with E-state index in [0.717, 1.165) is 30.5 Å². The van der Waals surface area contributed by atoms with Crippen LogP contribution in [0.5, 0.6) is 0 Å². The minimum absolute atomic E-state index is 0.655. The summed E-state index contributed by atoms with van der Waals surface area (Å²) in [6.07, 6.45) is 6.94. The summed E-state index contributed by atoms with van der Waals surface area (Å²) in [5, 5.41) is 12.0. The van der Waals surface area contributed by atoms with Crippen LogP contribution in [-0.2, 0) is 6.54 Å². The van der Waals surface area contributed by atoms with Gasteiger partial charge in [0.1, 0.15) is 0 Å². The monoisotopic (exact) mass is 270 g/mol. The number of nitrogens with zero attached hydrogens (tertiary/aromatic N) is 3. The van der Waals surface area contributed by atoms with Gasteiger partial charge < -0.3 is 5.32 Å². The van der Waals surface area contributed by atoms with Crippen LogP contribution in [0.4, 0.5) is 0 Å². The topological polar surface area (TPSA) is 42.2 Å². The van der Waals surface area contributed by atoms with Crippen molar-refractivity contribution in [3.05, 3.63) is 41.9 Å². The van der Waals surface area contributed by atoms with Crippen LogP contribution in [0.1, 0.15) is 32.5 Å². The summed E-state index contributed by atoms with van der Waals surface area (Å²) in [4.78, 5) is 0. The molecule has 0 radical (unpaired) electrons. The molecule has 0 aliphatic heterocycles. The van der Waals surface area contributed by atoms with Crippen LogP contribution in [0.3, 0.4) is 0 Å². The van der Waals surface area contributed by atoms with Crippen molar-refractivity contribution in [1.29, 1.82) is 0 Å². The van der Waals surface area contributed by atoms with E-state index in [2.05, 4.69) is 35.4 Å². The lowest BCUT2D eigenvalue weighted by atomic mass is 9.80.